The predicted octanol–water partition coefficient (Wildman–Crippen LogP) is 1.73. The van der Waals surface area contributed by atoms with E-state index in [1.807, 2.05) is 0 Å². The molecule has 3 heteroatoms. The number of methoxy groups -OCH3 is 1. The van der Waals surface area contributed by atoms with Crippen LogP contribution in [0.2, 0.25) is 0 Å². The van der Waals surface area contributed by atoms with Crippen molar-refractivity contribution in [2.75, 3.05) is 39.9 Å². The Morgan fingerprint density at radius 1 is 1.44 bits per heavy atom. The average Bonchev–Trinajstić information content (AvgIpc) is 2.75. The molecule has 0 aromatic carbocycles. The van der Waals surface area contributed by atoms with Crippen LogP contribution in [0.3, 0.4) is 0 Å². The summed E-state index contributed by atoms with van der Waals surface area (Å²) in [6, 6.07) is 0.527. The summed E-state index contributed by atoms with van der Waals surface area (Å²) in [4.78, 5) is 2.56. The van der Waals surface area contributed by atoms with E-state index in [2.05, 4.69) is 31.0 Å². The van der Waals surface area contributed by atoms with Gasteiger partial charge in [0.2, 0.25) is 0 Å². The van der Waals surface area contributed by atoms with E-state index in [0.717, 1.165) is 13.2 Å². The summed E-state index contributed by atoms with van der Waals surface area (Å²) >= 11 is 0. The van der Waals surface area contributed by atoms with E-state index in [0.29, 0.717) is 11.5 Å². The van der Waals surface area contributed by atoms with E-state index in [4.69, 9.17) is 4.74 Å². The molecule has 0 amide bonds. The van der Waals surface area contributed by atoms with Gasteiger partial charge in [-0.05, 0) is 38.3 Å². The molecule has 1 heterocycles. The molecule has 0 bridgehead atoms. The Hall–Kier alpha value is -0.120. The van der Waals surface area contributed by atoms with Crippen LogP contribution in [0, 0.1) is 5.41 Å². The van der Waals surface area contributed by atoms with Crippen molar-refractivity contribution in [1.82, 2.24) is 10.2 Å². The Kier molecular flexibility index (Phi) is 5.73. The van der Waals surface area contributed by atoms with Crippen molar-refractivity contribution in [2.24, 2.45) is 5.41 Å². The summed E-state index contributed by atoms with van der Waals surface area (Å²) < 4.78 is 5.26. The van der Waals surface area contributed by atoms with Crippen LogP contribution in [-0.4, -0.2) is 50.8 Å². The maximum absolute atomic E-state index is 5.26. The molecule has 1 fully saturated rings. The van der Waals surface area contributed by atoms with Gasteiger partial charge in [-0.3, -0.25) is 4.90 Å². The molecule has 96 valence electrons. The summed E-state index contributed by atoms with van der Waals surface area (Å²) in [6.45, 7) is 12.4. The molecule has 3 nitrogen and oxygen atoms in total. The number of hydrogen-bond acceptors (Lipinski definition) is 3. The van der Waals surface area contributed by atoms with Crippen LogP contribution in [-0.2, 0) is 4.74 Å². The van der Waals surface area contributed by atoms with Gasteiger partial charge in [-0.15, -0.1) is 0 Å². The second kappa shape index (κ2) is 6.58. The fraction of sp³-hybridized carbons (Fsp3) is 1.00. The van der Waals surface area contributed by atoms with Crippen LogP contribution in [0.15, 0.2) is 0 Å². The first-order valence-electron chi connectivity index (χ1n) is 6.61. The standard InChI is InChI=1S/C13H28N2O/c1-5-13(7-8-14-10-13)11-15(6-2)12(3)9-16-4/h12,14H,5-11H2,1-4H3. The van der Waals surface area contributed by atoms with E-state index >= 15 is 0 Å². The third kappa shape index (κ3) is 3.44. The van der Waals surface area contributed by atoms with Gasteiger partial charge in [-0.25, -0.2) is 0 Å². The van der Waals surface area contributed by atoms with Crippen LogP contribution in [0.25, 0.3) is 0 Å². The summed E-state index contributed by atoms with van der Waals surface area (Å²) in [5, 5.41) is 3.51. The van der Waals surface area contributed by atoms with E-state index in [1.54, 1.807) is 7.11 Å². The number of hydrogen-bond donors (Lipinski definition) is 1. The Bertz CT molecular complexity index is 190. The molecule has 0 aliphatic carbocycles. The maximum Gasteiger partial charge on any atom is 0.0615 e. The van der Waals surface area contributed by atoms with Gasteiger partial charge in [0.25, 0.3) is 0 Å². The van der Waals surface area contributed by atoms with Crippen LogP contribution < -0.4 is 5.32 Å². The van der Waals surface area contributed by atoms with Gasteiger partial charge in [0.15, 0.2) is 0 Å². The van der Waals surface area contributed by atoms with Crippen molar-refractivity contribution in [3.05, 3.63) is 0 Å². The van der Waals surface area contributed by atoms with Crippen molar-refractivity contribution in [3.8, 4) is 0 Å². The first-order chi connectivity index (χ1) is 7.67. The largest absolute Gasteiger partial charge is 0.383 e. The molecule has 0 spiro atoms. The van der Waals surface area contributed by atoms with Gasteiger partial charge in [0, 0.05) is 26.2 Å². The predicted molar refractivity (Wildman–Crippen MR) is 68.8 cm³/mol. The lowest BCUT2D eigenvalue weighted by Gasteiger charge is -2.36. The molecular weight excluding hydrogens is 200 g/mol. The molecule has 1 rings (SSSR count). The van der Waals surface area contributed by atoms with Gasteiger partial charge in [0.1, 0.15) is 0 Å². The second-order valence-corrected chi connectivity index (χ2v) is 5.15. The van der Waals surface area contributed by atoms with Gasteiger partial charge >= 0.3 is 0 Å². The fourth-order valence-corrected chi connectivity index (χ4v) is 2.70. The quantitative estimate of drug-likeness (QED) is 0.718. The van der Waals surface area contributed by atoms with Crippen LogP contribution in [0.5, 0.6) is 0 Å². The Labute approximate surface area is 101 Å². The highest BCUT2D eigenvalue weighted by molar-refractivity contribution is 4.90. The minimum absolute atomic E-state index is 0.498. The minimum Gasteiger partial charge on any atom is -0.383 e. The summed E-state index contributed by atoms with van der Waals surface area (Å²) in [7, 11) is 1.79. The molecule has 1 aliphatic rings. The third-order valence-corrected chi connectivity index (χ3v) is 4.06. The molecule has 2 unspecified atom stereocenters. The zero-order valence-electron chi connectivity index (χ0n) is 11.4. The van der Waals surface area contributed by atoms with Crippen molar-refractivity contribution in [3.63, 3.8) is 0 Å². The second-order valence-electron chi connectivity index (χ2n) is 5.15. The summed E-state index contributed by atoms with van der Waals surface area (Å²) in [5.41, 5.74) is 0.498. The smallest absolute Gasteiger partial charge is 0.0615 e. The zero-order chi connectivity index (χ0) is 12.0. The average molecular weight is 228 g/mol. The lowest BCUT2D eigenvalue weighted by Crippen LogP contribution is -2.44. The van der Waals surface area contributed by atoms with Crippen molar-refractivity contribution < 1.29 is 4.74 Å². The Morgan fingerprint density at radius 2 is 2.19 bits per heavy atom. The van der Waals surface area contributed by atoms with Crippen molar-refractivity contribution in [1.29, 1.82) is 0 Å². The van der Waals surface area contributed by atoms with Crippen LogP contribution >= 0.6 is 0 Å². The monoisotopic (exact) mass is 228 g/mol. The molecule has 0 aromatic heterocycles. The minimum atomic E-state index is 0.498. The molecule has 0 radical (unpaired) electrons. The summed E-state index contributed by atoms with van der Waals surface area (Å²) in [6.07, 6.45) is 2.59. The molecule has 1 N–H and O–H groups in total. The molecule has 1 aliphatic heterocycles. The van der Waals surface area contributed by atoms with Crippen LogP contribution in [0.4, 0.5) is 0 Å². The highest BCUT2D eigenvalue weighted by Crippen LogP contribution is 2.30. The lowest BCUT2D eigenvalue weighted by atomic mass is 9.83. The zero-order valence-corrected chi connectivity index (χ0v) is 11.4. The number of likely N-dealkylation sites (N-methyl/N-ethyl adjacent to an activating group) is 1. The molecule has 0 aromatic rings. The molecule has 2 atom stereocenters. The lowest BCUT2D eigenvalue weighted by molar-refractivity contribution is 0.0697. The number of rotatable bonds is 7. The fourth-order valence-electron chi connectivity index (χ4n) is 2.70. The first kappa shape index (κ1) is 13.9. The van der Waals surface area contributed by atoms with Gasteiger partial charge in [0.05, 0.1) is 6.61 Å². The Balaban J connectivity index is 2.53. The van der Waals surface area contributed by atoms with E-state index in [1.165, 1.54) is 32.5 Å². The number of ether oxygens (including phenoxy) is 1. The van der Waals surface area contributed by atoms with Gasteiger partial charge in [-0.2, -0.15) is 0 Å². The van der Waals surface area contributed by atoms with Crippen molar-refractivity contribution >= 4 is 0 Å². The topological polar surface area (TPSA) is 24.5 Å². The van der Waals surface area contributed by atoms with E-state index in [9.17, 15) is 0 Å². The summed E-state index contributed by atoms with van der Waals surface area (Å²) in [5.74, 6) is 0. The first-order valence-corrected chi connectivity index (χ1v) is 6.61. The highest BCUT2D eigenvalue weighted by atomic mass is 16.5. The van der Waals surface area contributed by atoms with Crippen LogP contribution in [0.1, 0.15) is 33.6 Å². The normalized spacial score (nSPS) is 27.6. The van der Waals surface area contributed by atoms with Gasteiger partial charge in [-0.1, -0.05) is 13.8 Å². The Morgan fingerprint density at radius 3 is 2.62 bits per heavy atom. The molecule has 0 saturated carbocycles. The SMILES string of the molecule is CCN(CC1(CC)CCNC1)C(C)COC. The van der Waals surface area contributed by atoms with E-state index < -0.39 is 0 Å². The van der Waals surface area contributed by atoms with Gasteiger partial charge < -0.3 is 10.1 Å². The highest BCUT2D eigenvalue weighted by Gasteiger charge is 2.34. The molecule has 1 saturated heterocycles. The number of nitrogens with one attached hydrogen (secondary N) is 1. The van der Waals surface area contributed by atoms with Crippen molar-refractivity contribution in [2.45, 2.75) is 39.7 Å². The molecular formula is C13H28N2O. The van der Waals surface area contributed by atoms with E-state index in [-0.39, 0.29) is 0 Å². The molecule has 16 heavy (non-hydrogen) atoms. The third-order valence-electron chi connectivity index (χ3n) is 4.06. The number of nitrogens with zero attached hydrogens (tertiary/aromatic N) is 1. The maximum atomic E-state index is 5.26.